The smallest absolute Gasteiger partial charge is 0.276 e. The Kier molecular flexibility index (Phi) is 5.81. The molecule has 6 nitrogen and oxygen atoms in total. The van der Waals surface area contributed by atoms with Gasteiger partial charge in [0.05, 0.1) is 24.3 Å². The molecule has 2 aromatic rings. The van der Waals surface area contributed by atoms with Crippen molar-refractivity contribution in [3.63, 3.8) is 0 Å². The maximum absolute atomic E-state index is 12.3. The zero-order valence-electron chi connectivity index (χ0n) is 13.8. The van der Waals surface area contributed by atoms with Crippen LogP contribution in [0.25, 0.3) is 0 Å². The molecule has 0 atom stereocenters. The van der Waals surface area contributed by atoms with Crippen LogP contribution in [0.15, 0.2) is 58.5 Å². The Labute approximate surface area is 142 Å². The standard InChI is InChI=1S/C17H20N2O4S/c1-4-23-16-9-11-17(12-10-16)24(20,21)19-18-13(2)14-5-7-15(22-3)8-6-14/h5-12,19H,4H2,1-3H3/b18-13-. The van der Waals surface area contributed by atoms with Gasteiger partial charge in [-0.3, -0.25) is 0 Å². The number of nitrogens with zero attached hydrogens (tertiary/aromatic N) is 1. The molecule has 7 heteroatoms. The van der Waals surface area contributed by atoms with Crippen molar-refractivity contribution in [2.75, 3.05) is 13.7 Å². The SMILES string of the molecule is CCOc1ccc(S(=O)(=O)N/N=C(/C)c2ccc(OC)cc2)cc1. The highest BCUT2D eigenvalue weighted by atomic mass is 32.2. The maximum atomic E-state index is 12.3. The second-order valence-corrected chi connectivity index (χ2v) is 6.59. The molecule has 0 saturated carbocycles. The lowest BCUT2D eigenvalue weighted by Gasteiger charge is -2.07. The molecule has 2 aromatic carbocycles. The van der Waals surface area contributed by atoms with Crippen molar-refractivity contribution >= 4 is 15.7 Å². The number of nitrogens with one attached hydrogen (secondary N) is 1. The third-order valence-electron chi connectivity index (χ3n) is 3.29. The summed E-state index contributed by atoms with van der Waals surface area (Å²) in [6.45, 7) is 4.11. The number of hydrogen-bond acceptors (Lipinski definition) is 5. The molecule has 0 saturated heterocycles. The van der Waals surface area contributed by atoms with Crippen molar-refractivity contribution in [2.24, 2.45) is 5.10 Å². The van der Waals surface area contributed by atoms with Gasteiger partial charge < -0.3 is 9.47 Å². The average Bonchev–Trinajstić information content (AvgIpc) is 2.60. The number of hydrogen-bond donors (Lipinski definition) is 1. The van der Waals surface area contributed by atoms with Crippen molar-refractivity contribution < 1.29 is 17.9 Å². The van der Waals surface area contributed by atoms with Crippen molar-refractivity contribution in [1.82, 2.24) is 4.83 Å². The van der Waals surface area contributed by atoms with Gasteiger partial charge in [0.15, 0.2) is 0 Å². The number of rotatable bonds is 7. The molecule has 0 aliphatic rings. The van der Waals surface area contributed by atoms with Gasteiger partial charge in [-0.05, 0) is 67.9 Å². The minimum absolute atomic E-state index is 0.122. The van der Waals surface area contributed by atoms with Crippen LogP contribution in [0, 0.1) is 0 Å². The molecule has 24 heavy (non-hydrogen) atoms. The zero-order valence-corrected chi connectivity index (χ0v) is 14.6. The summed E-state index contributed by atoms with van der Waals surface area (Å²) in [6, 6.07) is 13.4. The molecule has 0 aliphatic heterocycles. The predicted octanol–water partition coefficient (Wildman–Crippen LogP) is 2.80. The van der Waals surface area contributed by atoms with Crippen LogP contribution >= 0.6 is 0 Å². The van der Waals surface area contributed by atoms with E-state index in [1.165, 1.54) is 12.1 Å². The second kappa shape index (κ2) is 7.83. The monoisotopic (exact) mass is 348 g/mol. The van der Waals surface area contributed by atoms with Crippen LogP contribution in [0.1, 0.15) is 19.4 Å². The lowest BCUT2D eigenvalue weighted by atomic mass is 10.1. The number of benzene rings is 2. The highest BCUT2D eigenvalue weighted by Crippen LogP contribution is 2.16. The van der Waals surface area contributed by atoms with Crippen LogP contribution in [-0.2, 0) is 10.0 Å². The van der Waals surface area contributed by atoms with Gasteiger partial charge in [-0.15, -0.1) is 0 Å². The summed E-state index contributed by atoms with van der Waals surface area (Å²) in [7, 11) is -2.14. The summed E-state index contributed by atoms with van der Waals surface area (Å²) < 4.78 is 34.9. The Morgan fingerprint density at radius 2 is 1.62 bits per heavy atom. The van der Waals surface area contributed by atoms with E-state index in [2.05, 4.69) is 9.93 Å². The maximum Gasteiger partial charge on any atom is 0.276 e. The first-order chi connectivity index (χ1) is 11.5. The molecular formula is C17H20N2O4S. The normalized spacial score (nSPS) is 11.9. The van der Waals surface area contributed by atoms with E-state index in [9.17, 15) is 8.42 Å². The van der Waals surface area contributed by atoms with E-state index in [0.29, 0.717) is 18.1 Å². The summed E-state index contributed by atoms with van der Waals surface area (Å²) in [5.74, 6) is 1.34. The van der Waals surface area contributed by atoms with E-state index in [4.69, 9.17) is 9.47 Å². The fraction of sp³-hybridized carbons (Fsp3) is 0.235. The molecule has 0 bridgehead atoms. The first-order valence-electron chi connectivity index (χ1n) is 7.39. The van der Waals surface area contributed by atoms with Crippen LogP contribution in [0.2, 0.25) is 0 Å². The van der Waals surface area contributed by atoms with E-state index in [-0.39, 0.29) is 4.90 Å². The third-order valence-corrected chi connectivity index (χ3v) is 4.51. The summed E-state index contributed by atoms with van der Waals surface area (Å²) in [5, 5.41) is 3.96. The number of ether oxygens (including phenoxy) is 2. The van der Waals surface area contributed by atoms with Crippen LogP contribution in [0.5, 0.6) is 11.5 Å². The van der Waals surface area contributed by atoms with Gasteiger partial charge in [0, 0.05) is 0 Å². The minimum Gasteiger partial charge on any atom is -0.497 e. The first-order valence-corrected chi connectivity index (χ1v) is 8.88. The molecule has 0 radical (unpaired) electrons. The Hall–Kier alpha value is -2.54. The fourth-order valence-electron chi connectivity index (χ4n) is 1.96. The molecule has 0 amide bonds. The van der Waals surface area contributed by atoms with E-state index in [1.54, 1.807) is 38.3 Å². The molecule has 0 aromatic heterocycles. The average molecular weight is 348 g/mol. The van der Waals surface area contributed by atoms with Gasteiger partial charge >= 0.3 is 0 Å². The van der Waals surface area contributed by atoms with Gasteiger partial charge in [0.25, 0.3) is 10.0 Å². The second-order valence-electron chi connectivity index (χ2n) is 4.92. The molecule has 128 valence electrons. The lowest BCUT2D eigenvalue weighted by Crippen LogP contribution is -2.19. The highest BCUT2D eigenvalue weighted by molar-refractivity contribution is 7.89. The molecule has 0 spiro atoms. The molecule has 0 unspecified atom stereocenters. The van der Waals surface area contributed by atoms with Gasteiger partial charge in [-0.1, -0.05) is 0 Å². The Morgan fingerprint density at radius 3 is 2.17 bits per heavy atom. The molecule has 0 heterocycles. The summed E-state index contributed by atoms with van der Waals surface area (Å²) in [5.41, 5.74) is 1.34. The molecular weight excluding hydrogens is 328 g/mol. The van der Waals surface area contributed by atoms with E-state index in [0.717, 1.165) is 11.3 Å². The molecule has 1 N–H and O–H groups in total. The summed E-state index contributed by atoms with van der Waals surface area (Å²) in [6.07, 6.45) is 0. The topological polar surface area (TPSA) is 77.0 Å². The Balaban J connectivity index is 2.12. The van der Waals surface area contributed by atoms with Crippen LogP contribution in [0.4, 0.5) is 0 Å². The van der Waals surface area contributed by atoms with Crippen molar-refractivity contribution in [3.8, 4) is 11.5 Å². The third kappa shape index (κ3) is 4.48. The molecule has 0 aliphatic carbocycles. The van der Waals surface area contributed by atoms with Crippen LogP contribution in [-0.4, -0.2) is 27.8 Å². The van der Waals surface area contributed by atoms with E-state index in [1.807, 2.05) is 19.1 Å². The predicted molar refractivity (Wildman–Crippen MR) is 93.1 cm³/mol. The van der Waals surface area contributed by atoms with Crippen LogP contribution < -0.4 is 14.3 Å². The number of sulfonamides is 1. The van der Waals surface area contributed by atoms with Gasteiger partial charge in [-0.25, -0.2) is 0 Å². The van der Waals surface area contributed by atoms with Crippen molar-refractivity contribution in [1.29, 1.82) is 0 Å². The Morgan fingerprint density at radius 1 is 1.04 bits per heavy atom. The number of hydrazone groups is 1. The quantitative estimate of drug-likeness (QED) is 0.616. The Bertz CT molecular complexity index is 797. The van der Waals surface area contributed by atoms with E-state index < -0.39 is 10.0 Å². The van der Waals surface area contributed by atoms with Crippen LogP contribution in [0.3, 0.4) is 0 Å². The largest absolute Gasteiger partial charge is 0.497 e. The fourth-order valence-corrected chi connectivity index (χ4v) is 2.82. The van der Waals surface area contributed by atoms with E-state index >= 15 is 0 Å². The molecule has 0 fully saturated rings. The zero-order chi connectivity index (χ0) is 17.6. The van der Waals surface area contributed by atoms with Gasteiger partial charge in [0.2, 0.25) is 0 Å². The van der Waals surface area contributed by atoms with Crippen molar-refractivity contribution in [3.05, 3.63) is 54.1 Å². The van der Waals surface area contributed by atoms with Crippen molar-refractivity contribution in [2.45, 2.75) is 18.7 Å². The minimum atomic E-state index is -3.73. The summed E-state index contributed by atoms with van der Waals surface area (Å²) in [4.78, 5) is 2.36. The first kappa shape index (κ1) is 17.8. The summed E-state index contributed by atoms with van der Waals surface area (Å²) >= 11 is 0. The lowest BCUT2D eigenvalue weighted by molar-refractivity contribution is 0.340. The number of methoxy groups -OCH3 is 1. The van der Waals surface area contributed by atoms with Gasteiger partial charge in [-0.2, -0.15) is 18.4 Å². The molecule has 2 rings (SSSR count). The highest BCUT2D eigenvalue weighted by Gasteiger charge is 2.13. The van der Waals surface area contributed by atoms with Gasteiger partial charge in [0.1, 0.15) is 11.5 Å².